The molecule has 1 fully saturated rings. The molecule has 0 aromatic heterocycles. The maximum Gasteiger partial charge on any atom is 0.241 e. The number of hydrogen-bond donors (Lipinski definition) is 1. The van der Waals surface area contributed by atoms with Gasteiger partial charge in [-0.1, -0.05) is 48.9 Å². The molecule has 1 aliphatic heterocycles. The molecule has 1 saturated heterocycles. The highest BCUT2D eigenvalue weighted by Gasteiger charge is 2.24. The van der Waals surface area contributed by atoms with E-state index in [0.29, 0.717) is 6.54 Å². The topological polar surface area (TPSA) is 73.2 Å². The smallest absolute Gasteiger partial charge is 0.241 e. The predicted molar refractivity (Wildman–Crippen MR) is 106 cm³/mol. The molecular weight excluding hydrogens is 358 g/mol. The van der Waals surface area contributed by atoms with Crippen molar-refractivity contribution in [2.24, 2.45) is 0 Å². The van der Waals surface area contributed by atoms with Gasteiger partial charge in [-0.05, 0) is 50.0 Å². The van der Waals surface area contributed by atoms with Crippen LogP contribution in [0.5, 0.6) is 0 Å². The lowest BCUT2D eigenvalue weighted by molar-refractivity contribution is 0.163. The van der Waals surface area contributed by atoms with Crippen molar-refractivity contribution in [2.75, 3.05) is 19.6 Å². The second-order valence-electron chi connectivity index (χ2n) is 6.90. The molecule has 0 saturated carbocycles. The summed E-state index contributed by atoms with van der Waals surface area (Å²) in [6.07, 6.45) is 4.32. The Kier molecular flexibility index (Phi) is 6.62. The third-order valence-corrected chi connectivity index (χ3v) is 6.51. The van der Waals surface area contributed by atoms with E-state index >= 15 is 0 Å². The summed E-state index contributed by atoms with van der Waals surface area (Å²) in [5.41, 5.74) is 1.37. The van der Waals surface area contributed by atoms with Gasteiger partial charge in [-0.25, -0.2) is 13.1 Å². The SMILES string of the molecule is N#Cc1ccccc1S(=O)(=O)NCC(Cc1ccccc1)N1CCCCC1. The first-order valence-electron chi connectivity index (χ1n) is 9.37. The van der Waals surface area contributed by atoms with Crippen molar-refractivity contribution < 1.29 is 8.42 Å². The molecule has 0 radical (unpaired) electrons. The fourth-order valence-corrected chi connectivity index (χ4v) is 4.81. The van der Waals surface area contributed by atoms with E-state index < -0.39 is 10.0 Å². The van der Waals surface area contributed by atoms with Gasteiger partial charge in [0.2, 0.25) is 10.0 Å². The Bertz CT molecular complexity index is 885. The summed E-state index contributed by atoms with van der Waals surface area (Å²) in [5.74, 6) is 0. The lowest BCUT2D eigenvalue weighted by Crippen LogP contribution is -2.47. The fourth-order valence-electron chi connectivity index (χ4n) is 3.58. The van der Waals surface area contributed by atoms with E-state index in [1.165, 1.54) is 24.1 Å². The van der Waals surface area contributed by atoms with Crippen molar-refractivity contribution in [1.29, 1.82) is 5.26 Å². The molecule has 0 spiro atoms. The molecule has 1 N–H and O–H groups in total. The standard InChI is InChI=1S/C21H25N3O2S/c22-16-19-11-5-6-12-21(19)27(25,26)23-17-20(24-13-7-2-8-14-24)15-18-9-3-1-4-10-18/h1,3-6,9-12,20,23H,2,7-8,13-15,17H2. The highest BCUT2D eigenvalue weighted by atomic mass is 32.2. The molecule has 1 atom stereocenters. The summed E-state index contributed by atoms with van der Waals surface area (Å²) < 4.78 is 28.3. The van der Waals surface area contributed by atoms with Gasteiger partial charge in [0.25, 0.3) is 0 Å². The first kappa shape index (κ1) is 19.6. The maximum atomic E-state index is 12.8. The number of hydrogen-bond acceptors (Lipinski definition) is 4. The molecule has 1 aliphatic rings. The second kappa shape index (κ2) is 9.14. The van der Waals surface area contributed by atoms with Gasteiger partial charge >= 0.3 is 0 Å². The highest BCUT2D eigenvalue weighted by molar-refractivity contribution is 7.89. The van der Waals surface area contributed by atoms with Crippen LogP contribution in [0.2, 0.25) is 0 Å². The van der Waals surface area contributed by atoms with E-state index in [0.717, 1.165) is 32.4 Å². The quantitative estimate of drug-likeness (QED) is 0.798. The van der Waals surface area contributed by atoms with Gasteiger partial charge < -0.3 is 0 Å². The molecule has 1 unspecified atom stereocenters. The van der Waals surface area contributed by atoms with Crippen molar-refractivity contribution in [3.8, 4) is 6.07 Å². The van der Waals surface area contributed by atoms with Crippen LogP contribution in [0.4, 0.5) is 0 Å². The molecule has 0 bridgehead atoms. The van der Waals surface area contributed by atoms with Crippen LogP contribution in [-0.4, -0.2) is 39.0 Å². The van der Waals surface area contributed by atoms with E-state index in [4.69, 9.17) is 0 Å². The van der Waals surface area contributed by atoms with Crippen LogP contribution in [0.3, 0.4) is 0 Å². The highest BCUT2D eigenvalue weighted by Crippen LogP contribution is 2.18. The van der Waals surface area contributed by atoms with Gasteiger partial charge in [0.05, 0.1) is 10.5 Å². The van der Waals surface area contributed by atoms with Gasteiger partial charge in [-0.3, -0.25) is 4.90 Å². The van der Waals surface area contributed by atoms with Crippen LogP contribution in [0.1, 0.15) is 30.4 Å². The minimum atomic E-state index is -3.73. The van der Waals surface area contributed by atoms with Crippen LogP contribution >= 0.6 is 0 Å². The molecule has 27 heavy (non-hydrogen) atoms. The normalized spacial score (nSPS) is 16.6. The minimum absolute atomic E-state index is 0.0459. The molecule has 0 amide bonds. The summed E-state index contributed by atoms with van der Waals surface area (Å²) in [6, 6.07) is 18.5. The van der Waals surface area contributed by atoms with Gasteiger partial charge in [0, 0.05) is 12.6 Å². The van der Waals surface area contributed by atoms with E-state index in [-0.39, 0.29) is 16.5 Å². The largest absolute Gasteiger partial charge is 0.299 e. The van der Waals surface area contributed by atoms with Gasteiger partial charge in [-0.2, -0.15) is 5.26 Å². The molecule has 2 aromatic carbocycles. The zero-order valence-corrected chi connectivity index (χ0v) is 16.2. The summed E-state index contributed by atoms with van der Waals surface area (Å²) in [7, 11) is -3.73. The van der Waals surface area contributed by atoms with E-state index in [1.807, 2.05) is 24.3 Å². The van der Waals surface area contributed by atoms with Gasteiger partial charge in [0.1, 0.15) is 6.07 Å². The molecule has 5 nitrogen and oxygen atoms in total. The average Bonchev–Trinajstić information content (AvgIpc) is 2.72. The number of nitriles is 1. The van der Waals surface area contributed by atoms with Crippen LogP contribution in [0.25, 0.3) is 0 Å². The Labute approximate surface area is 161 Å². The number of nitrogens with zero attached hydrogens (tertiary/aromatic N) is 2. The fraction of sp³-hybridized carbons (Fsp3) is 0.381. The first-order chi connectivity index (χ1) is 13.1. The van der Waals surface area contributed by atoms with Crippen LogP contribution in [-0.2, 0) is 16.4 Å². The van der Waals surface area contributed by atoms with Crippen molar-refractivity contribution in [3.63, 3.8) is 0 Å². The predicted octanol–water partition coefficient (Wildman–Crippen LogP) is 2.93. The summed E-state index contributed by atoms with van der Waals surface area (Å²) in [5, 5.41) is 9.21. The van der Waals surface area contributed by atoms with Crippen LogP contribution < -0.4 is 4.72 Å². The van der Waals surface area contributed by atoms with E-state index in [2.05, 4.69) is 21.8 Å². The van der Waals surface area contributed by atoms with Gasteiger partial charge in [-0.15, -0.1) is 0 Å². The second-order valence-corrected chi connectivity index (χ2v) is 8.64. The van der Waals surface area contributed by atoms with E-state index in [9.17, 15) is 13.7 Å². The molecular formula is C21H25N3O2S. The summed E-state index contributed by atoms with van der Waals surface area (Å²) >= 11 is 0. The molecule has 1 heterocycles. The number of benzene rings is 2. The molecule has 0 aliphatic carbocycles. The van der Waals surface area contributed by atoms with Crippen LogP contribution in [0.15, 0.2) is 59.5 Å². The Hall–Kier alpha value is -2.20. The third kappa shape index (κ3) is 5.16. The Balaban J connectivity index is 1.76. The number of piperidine rings is 1. The monoisotopic (exact) mass is 383 g/mol. The van der Waals surface area contributed by atoms with Crippen molar-refractivity contribution in [1.82, 2.24) is 9.62 Å². The third-order valence-electron chi connectivity index (χ3n) is 5.03. The minimum Gasteiger partial charge on any atom is -0.299 e. The Morgan fingerprint density at radius 2 is 1.67 bits per heavy atom. The lowest BCUT2D eigenvalue weighted by atomic mass is 10.0. The Morgan fingerprint density at radius 3 is 2.37 bits per heavy atom. The first-order valence-corrected chi connectivity index (χ1v) is 10.9. The molecule has 3 rings (SSSR count). The van der Waals surface area contributed by atoms with Crippen molar-refractivity contribution >= 4 is 10.0 Å². The summed E-state index contributed by atoms with van der Waals surface area (Å²) in [6.45, 7) is 2.32. The van der Waals surface area contributed by atoms with E-state index in [1.54, 1.807) is 12.1 Å². The summed E-state index contributed by atoms with van der Waals surface area (Å²) in [4.78, 5) is 2.43. The molecule has 2 aromatic rings. The average molecular weight is 384 g/mol. The molecule has 142 valence electrons. The lowest BCUT2D eigenvalue weighted by Gasteiger charge is -2.35. The zero-order valence-electron chi connectivity index (χ0n) is 15.3. The molecule has 6 heteroatoms. The van der Waals surface area contributed by atoms with Crippen molar-refractivity contribution in [3.05, 3.63) is 65.7 Å². The Morgan fingerprint density at radius 1 is 1.00 bits per heavy atom. The number of sulfonamides is 1. The van der Waals surface area contributed by atoms with Crippen molar-refractivity contribution in [2.45, 2.75) is 36.6 Å². The maximum absolute atomic E-state index is 12.8. The zero-order chi connectivity index (χ0) is 19.1. The van der Waals surface area contributed by atoms with Gasteiger partial charge in [0.15, 0.2) is 0 Å². The number of rotatable bonds is 7. The van der Waals surface area contributed by atoms with Crippen LogP contribution in [0, 0.1) is 11.3 Å². The number of likely N-dealkylation sites (tertiary alicyclic amines) is 1. The number of nitrogens with one attached hydrogen (secondary N) is 1.